The van der Waals surface area contributed by atoms with Crippen molar-refractivity contribution in [2.45, 2.75) is 139 Å². The molecule has 0 radical (unpaired) electrons. The molecule has 9 aliphatic rings. The van der Waals surface area contributed by atoms with Crippen LogP contribution in [-0.2, 0) is 46.2 Å². The minimum atomic E-state index is -1.41. The Morgan fingerprint density at radius 2 is 1.78 bits per heavy atom. The highest BCUT2D eigenvalue weighted by Crippen LogP contribution is 2.82. The molecule has 2 spiro atoms. The predicted octanol–water partition coefficient (Wildman–Crippen LogP) is 6.17. The van der Waals surface area contributed by atoms with Gasteiger partial charge in [-0.15, -0.1) is 0 Å². The van der Waals surface area contributed by atoms with Crippen LogP contribution in [0.5, 0.6) is 0 Å². The minimum Gasteiger partial charge on any atom is -0.469 e. The molecule has 3 N–H and O–H groups in total. The summed E-state index contributed by atoms with van der Waals surface area (Å²) in [5, 5.41) is 20.3. The van der Waals surface area contributed by atoms with E-state index in [0.29, 0.717) is 43.1 Å². The Morgan fingerprint density at radius 1 is 0.933 bits per heavy atom. The summed E-state index contributed by atoms with van der Waals surface area (Å²) in [7, 11) is 0. The van der Waals surface area contributed by atoms with Gasteiger partial charge in [0.2, 0.25) is 0 Å². The zero-order chi connectivity index (χ0) is 41.2. The van der Waals surface area contributed by atoms with Crippen LogP contribution in [0.2, 0.25) is 0 Å². The first-order valence-corrected chi connectivity index (χ1v) is 23.1. The summed E-state index contributed by atoms with van der Waals surface area (Å²) in [5.74, 6) is -0.0583. The van der Waals surface area contributed by atoms with E-state index in [2.05, 4.69) is 54.0 Å². The Kier molecular flexibility index (Phi) is 9.27. The van der Waals surface area contributed by atoms with Crippen molar-refractivity contribution in [1.82, 2.24) is 10.6 Å². The number of fused-ring (bicyclic) bond motifs is 1. The zero-order valence-electron chi connectivity index (χ0n) is 35.4. The lowest BCUT2D eigenvalue weighted by molar-refractivity contribution is -0.276. The molecule has 5 saturated heterocycles. The standard InChI is InChI=1S/C49H62N2O9/c1-45(2)40-39(53)41(54)48(32-11-7-10-30(23-32)22-29-8-5-4-6-9-29)36(47(40)26-57-38(52)24-37(47)59-45)18-20-46(3)42(58-44(55)43-49(46,48)60-43)33-19-21-56-35(33)17-14-28-12-15-31(16-13-28)34-25-50-27-51-34/h4-6,8-9,12,15,19,21,28,30-32,34,36-37,40-43,50-51,54H,7,10-11,13-14,16-18,20,22-27H2,1-3H3/t28-,30+,31-,32-,34-,36+,37-,40+,41+,42-,43+,46-,47-,48-,49+/m0/s1. The molecule has 4 aliphatic carbocycles. The third kappa shape index (κ3) is 5.40. The second kappa shape index (κ2) is 14.1. The smallest absolute Gasteiger partial charge is 0.339 e. The molecule has 15 atom stereocenters. The SMILES string of the molecule is CC1(C)O[C@H]2CC(=O)OC[C@@]23[C@@H]1C(=O)[C@@H](O)[C@]1([C@H]2CCC[C@H](Cc4ccccc4)C2)[C@@H]3CC[C@@]2(C)[C@H](c3ccoc3CC[C@H]3C=C[C@H]([C@@H]4CNCN4)CC3)OC(=O)[C@H]3O[C@@]312. The van der Waals surface area contributed by atoms with Gasteiger partial charge in [-0.3, -0.25) is 14.9 Å². The summed E-state index contributed by atoms with van der Waals surface area (Å²) in [6.45, 7) is 7.97. The lowest BCUT2D eigenvalue weighted by atomic mass is 9.32. The first-order chi connectivity index (χ1) is 28.9. The largest absolute Gasteiger partial charge is 0.469 e. The van der Waals surface area contributed by atoms with Gasteiger partial charge in [-0.2, -0.15) is 0 Å². The highest BCUT2D eigenvalue weighted by molar-refractivity contribution is 5.92. The number of furan rings is 1. The number of aryl methyl sites for hydroxylation is 1. The van der Waals surface area contributed by atoms with Crippen LogP contribution in [0.1, 0.15) is 108 Å². The molecule has 0 bridgehead atoms. The van der Waals surface area contributed by atoms with E-state index < -0.39 is 63.8 Å². The van der Waals surface area contributed by atoms with Crippen molar-refractivity contribution in [3.05, 3.63) is 71.7 Å². The maximum Gasteiger partial charge on any atom is 0.339 e. The van der Waals surface area contributed by atoms with Crippen molar-refractivity contribution < 1.29 is 42.9 Å². The van der Waals surface area contributed by atoms with Crippen LogP contribution in [0.25, 0.3) is 0 Å². The lowest BCUT2D eigenvalue weighted by Gasteiger charge is -2.70. The van der Waals surface area contributed by atoms with Crippen LogP contribution in [0.15, 0.2) is 59.2 Å². The van der Waals surface area contributed by atoms with E-state index >= 15 is 4.79 Å². The van der Waals surface area contributed by atoms with Gasteiger partial charge in [0.15, 0.2) is 11.9 Å². The second-order valence-corrected chi connectivity index (χ2v) is 21.0. The van der Waals surface area contributed by atoms with Crippen molar-refractivity contribution in [2.75, 3.05) is 19.8 Å². The highest BCUT2D eigenvalue weighted by Gasteiger charge is 2.92. The number of carbonyl (C=O) groups excluding carboxylic acids is 3. The van der Waals surface area contributed by atoms with Gasteiger partial charge >= 0.3 is 11.9 Å². The molecule has 0 unspecified atom stereocenters. The topological polar surface area (TPSA) is 149 Å². The number of nitrogens with one attached hydrogen (secondary N) is 2. The molecule has 11 nitrogen and oxygen atoms in total. The summed E-state index contributed by atoms with van der Waals surface area (Å²) in [6.07, 6.45) is 12.6. The average molecular weight is 823 g/mol. The summed E-state index contributed by atoms with van der Waals surface area (Å²) in [4.78, 5) is 43.1. The zero-order valence-corrected chi connectivity index (χ0v) is 35.4. The van der Waals surface area contributed by atoms with Gasteiger partial charge in [-0.1, -0.05) is 62.2 Å². The quantitative estimate of drug-likeness (QED) is 0.160. The number of cyclic esters (lactones) is 2. The number of Topliss-reactive ketones (excluding diaryl/α,β-unsaturated/α-hetero) is 1. The lowest BCUT2D eigenvalue weighted by Crippen LogP contribution is -2.79. The van der Waals surface area contributed by atoms with Gasteiger partial charge in [0, 0.05) is 47.5 Å². The van der Waals surface area contributed by atoms with E-state index in [9.17, 15) is 14.7 Å². The number of hydrogen-bond acceptors (Lipinski definition) is 11. The Bertz CT molecular complexity index is 2060. The number of carbonyl (C=O) groups is 3. The van der Waals surface area contributed by atoms with Crippen LogP contribution < -0.4 is 10.6 Å². The molecule has 322 valence electrons. The van der Waals surface area contributed by atoms with Crippen LogP contribution in [-0.4, -0.2) is 78.2 Å². The van der Waals surface area contributed by atoms with Gasteiger partial charge in [0.05, 0.1) is 30.3 Å². The molecule has 60 heavy (non-hydrogen) atoms. The molecule has 5 aliphatic heterocycles. The number of hydrogen-bond donors (Lipinski definition) is 3. The molecule has 6 heterocycles. The molecular formula is C49H62N2O9. The summed E-state index contributed by atoms with van der Waals surface area (Å²) in [5.41, 5.74) is -2.82. The molecule has 8 fully saturated rings. The van der Waals surface area contributed by atoms with Crippen molar-refractivity contribution in [2.24, 2.45) is 51.8 Å². The normalized spacial score (nSPS) is 46.3. The number of allylic oxidation sites excluding steroid dienone is 1. The monoisotopic (exact) mass is 822 g/mol. The molecule has 1 aromatic carbocycles. The molecule has 11 rings (SSSR count). The van der Waals surface area contributed by atoms with Crippen molar-refractivity contribution in [1.29, 1.82) is 0 Å². The van der Waals surface area contributed by atoms with Crippen molar-refractivity contribution in [3.63, 3.8) is 0 Å². The number of epoxide rings is 1. The fourth-order valence-corrected chi connectivity index (χ4v) is 15.7. The van der Waals surface area contributed by atoms with Gasteiger partial charge in [-0.25, -0.2) is 4.79 Å². The van der Waals surface area contributed by atoms with E-state index in [1.807, 2.05) is 26.0 Å². The van der Waals surface area contributed by atoms with Crippen LogP contribution in [0, 0.1) is 51.8 Å². The Hall–Kier alpha value is -3.35. The van der Waals surface area contributed by atoms with Gasteiger partial charge in [0.1, 0.15) is 30.2 Å². The molecule has 2 aromatic rings. The predicted molar refractivity (Wildman–Crippen MR) is 219 cm³/mol. The van der Waals surface area contributed by atoms with E-state index in [1.54, 1.807) is 6.26 Å². The molecule has 0 amide bonds. The Labute approximate surface area is 353 Å². The molecule has 3 saturated carbocycles. The number of aliphatic hydroxyl groups is 1. The maximum atomic E-state index is 15.5. The Morgan fingerprint density at radius 3 is 2.57 bits per heavy atom. The number of aliphatic hydroxyl groups excluding tert-OH is 1. The van der Waals surface area contributed by atoms with Crippen molar-refractivity contribution >= 4 is 17.7 Å². The van der Waals surface area contributed by atoms with E-state index in [0.717, 1.165) is 75.9 Å². The van der Waals surface area contributed by atoms with Gasteiger partial charge < -0.3 is 33.8 Å². The molecule has 1 aromatic heterocycles. The number of ketones is 1. The van der Waals surface area contributed by atoms with Crippen LogP contribution in [0.3, 0.4) is 0 Å². The van der Waals surface area contributed by atoms with E-state index in [-0.39, 0.29) is 36.6 Å². The number of rotatable bonds is 8. The maximum absolute atomic E-state index is 15.5. The first-order valence-electron chi connectivity index (χ1n) is 23.1. The van der Waals surface area contributed by atoms with E-state index in [1.165, 1.54) is 5.56 Å². The third-order valence-corrected chi connectivity index (χ3v) is 17.9. The summed E-state index contributed by atoms with van der Waals surface area (Å²) < 4.78 is 32.8. The van der Waals surface area contributed by atoms with Gasteiger partial charge in [-0.05, 0) is 106 Å². The third-order valence-electron chi connectivity index (χ3n) is 17.9. The average Bonchev–Trinajstić information content (AvgIpc) is 3.50. The molecular weight excluding hydrogens is 761 g/mol. The Balaban J connectivity index is 0.990. The summed E-state index contributed by atoms with van der Waals surface area (Å²) in [6, 6.07) is 13.0. The number of esters is 2. The highest BCUT2D eigenvalue weighted by atomic mass is 16.7. The second-order valence-electron chi connectivity index (χ2n) is 21.0. The van der Waals surface area contributed by atoms with Crippen LogP contribution in [0.4, 0.5) is 0 Å². The first kappa shape index (κ1) is 39.5. The van der Waals surface area contributed by atoms with Crippen molar-refractivity contribution in [3.8, 4) is 0 Å². The van der Waals surface area contributed by atoms with Crippen LogP contribution >= 0.6 is 0 Å². The molecule has 11 heteroatoms. The fraction of sp³-hybridized carbons (Fsp3) is 0.694. The number of benzene rings is 1. The minimum absolute atomic E-state index is 0.0528. The van der Waals surface area contributed by atoms with Gasteiger partial charge in [0.25, 0.3) is 0 Å². The van der Waals surface area contributed by atoms with E-state index in [4.69, 9.17) is 23.4 Å². The summed E-state index contributed by atoms with van der Waals surface area (Å²) >= 11 is 0. The number of ether oxygens (including phenoxy) is 4. The fourth-order valence-electron chi connectivity index (χ4n) is 15.7.